The van der Waals surface area contributed by atoms with Gasteiger partial charge in [-0.15, -0.1) is 0 Å². The molecule has 2 aromatic carbocycles. The monoisotopic (exact) mass is 414 g/mol. The number of piperazine rings is 1. The summed E-state index contributed by atoms with van der Waals surface area (Å²) in [5.41, 5.74) is 2.34. The van der Waals surface area contributed by atoms with Crippen LogP contribution in [0.25, 0.3) is 5.69 Å². The second kappa shape index (κ2) is 8.35. The first-order valence-electron chi connectivity index (χ1n) is 9.17. The summed E-state index contributed by atoms with van der Waals surface area (Å²) in [6.07, 6.45) is 1.69. The summed E-state index contributed by atoms with van der Waals surface area (Å²) in [5.74, 6) is 0. The van der Waals surface area contributed by atoms with Crippen molar-refractivity contribution in [2.75, 3.05) is 31.1 Å². The topological polar surface area (TPSA) is 41.4 Å². The zero-order chi connectivity index (χ0) is 19.5. The predicted molar refractivity (Wildman–Crippen MR) is 114 cm³/mol. The maximum absolute atomic E-state index is 12.7. The van der Waals surface area contributed by atoms with Crippen LogP contribution in [0.2, 0.25) is 10.0 Å². The molecule has 1 saturated heterocycles. The fraction of sp³-hybridized carbons (Fsp3) is 0.238. The van der Waals surface area contributed by atoms with Crippen molar-refractivity contribution in [2.24, 2.45) is 0 Å². The summed E-state index contributed by atoms with van der Waals surface area (Å²) in [7, 11) is 0. The van der Waals surface area contributed by atoms with Crippen molar-refractivity contribution in [2.45, 2.75) is 6.54 Å². The number of rotatable bonds is 4. The van der Waals surface area contributed by atoms with E-state index in [-0.39, 0.29) is 10.6 Å². The molecule has 1 aliphatic heterocycles. The van der Waals surface area contributed by atoms with Crippen LogP contribution in [0.15, 0.2) is 65.6 Å². The van der Waals surface area contributed by atoms with E-state index in [1.165, 1.54) is 10.2 Å². The van der Waals surface area contributed by atoms with Gasteiger partial charge >= 0.3 is 0 Å². The Morgan fingerprint density at radius 3 is 2.25 bits per heavy atom. The summed E-state index contributed by atoms with van der Waals surface area (Å²) >= 11 is 12.4. The second-order valence-corrected chi connectivity index (χ2v) is 7.60. The highest BCUT2D eigenvalue weighted by molar-refractivity contribution is 6.33. The molecule has 0 N–H and O–H groups in total. The zero-order valence-electron chi connectivity index (χ0n) is 15.3. The Balaban J connectivity index is 1.45. The fourth-order valence-corrected chi connectivity index (χ4v) is 3.77. The Bertz CT molecular complexity index is 997. The molecule has 3 aromatic rings. The van der Waals surface area contributed by atoms with E-state index >= 15 is 0 Å². The molecule has 0 bridgehead atoms. The molecule has 0 aliphatic carbocycles. The Morgan fingerprint density at radius 1 is 0.893 bits per heavy atom. The minimum atomic E-state index is -0.297. The van der Waals surface area contributed by atoms with Crippen LogP contribution < -0.4 is 10.5 Å². The van der Waals surface area contributed by atoms with Gasteiger partial charge in [0.1, 0.15) is 5.02 Å². The molecule has 4 rings (SSSR count). The highest BCUT2D eigenvalue weighted by Crippen LogP contribution is 2.23. The average Bonchev–Trinajstić information content (AvgIpc) is 2.73. The summed E-state index contributed by atoms with van der Waals surface area (Å²) in [5, 5.41) is 5.30. The number of benzene rings is 2. The Labute approximate surface area is 173 Å². The quantitative estimate of drug-likeness (QED) is 0.649. The molecule has 0 radical (unpaired) electrons. The lowest BCUT2D eigenvalue weighted by Crippen LogP contribution is -2.46. The van der Waals surface area contributed by atoms with Crippen LogP contribution in [0.5, 0.6) is 0 Å². The Hall–Kier alpha value is -2.34. The molecule has 5 nitrogen and oxygen atoms in total. The summed E-state index contributed by atoms with van der Waals surface area (Å²) in [6.45, 7) is 4.25. The third-order valence-electron chi connectivity index (χ3n) is 4.93. The van der Waals surface area contributed by atoms with Crippen LogP contribution in [-0.4, -0.2) is 40.9 Å². The van der Waals surface area contributed by atoms with Gasteiger partial charge in [-0.05, 0) is 29.8 Å². The van der Waals surface area contributed by atoms with E-state index in [1.54, 1.807) is 6.20 Å². The van der Waals surface area contributed by atoms with E-state index in [2.05, 4.69) is 27.0 Å². The van der Waals surface area contributed by atoms with Crippen molar-refractivity contribution in [3.05, 3.63) is 86.8 Å². The molecular formula is C21H20Cl2N4O. The maximum atomic E-state index is 12.7. The fourth-order valence-electron chi connectivity index (χ4n) is 3.39. The van der Waals surface area contributed by atoms with Crippen molar-refractivity contribution >= 4 is 28.9 Å². The van der Waals surface area contributed by atoms with E-state index in [9.17, 15) is 4.79 Å². The molecule has 2 heterocycles. The van der Waals surface area contributed by atoms with Gasteiger partial charge in [-0.1, -0.05) is 53.5 Å². The normalized spacial score (nSPS) is 15.0. The van der Waals surface area contributed by atoms with Gasteiger partial charge in [-0.2, -0.15) is 9.78 Å². The first-order valence-corrected chi connectivity index (χ1v) is 9.92. The molecular weight excluding hydrogens is 395 g/mol. The minimum absolute atomic E-state index is 0.213. The van der Waals surface area contributed by atoms with Crippen LogP contribution >= 0.6 is 23.2 Å². The van der Waals surface area contributed by atoms with Crippen molar-refractivity contribution in [1.82, 2.24) is 14.7 Å². The molecule has 144 valence electrons. The van der Waals surface area contributed by atoms with Gasteiger partial charge in [0.25, 0.3) is 5.56 Å². The van der Waals surface area contributed by atoms with Gasteiger partial charge in [0.15, 0.2) is 0 Å². The van der Waals surface area contributed by atoms with E-state index in [4.69, 9.17) is 23.2 Å². The summed E-state index contributed by atoms with van der Waals surface area (Å²) in [4.78, 5) is 17.2. The van der Waals surface area contributed by atoms with Gasteiger partial charge in [-0.3, -0.25) is 9.69 Å². The van der Waals surface area contributed by atoms with E-state index in [0.717, 1.165) is 37.7 Å². The lowest BCUT2D eigenvalue weighted by atomic mass is 10.2. The van der Waals surface area contributed by atoms with Crippen molar-refractivity contribution in [3.63, 3.8) is 0 Å². The number of para-hydroxylation sites is 1. The Kier molecular flexibility index (Phi) is 5.67. The smallest absolute Gasteiger partial charge is 0.292 e. The van der Waals surface area contributed by atoms with Crippen LogP contribution in [0.1, 0.15) is 5.56 Å². The average molecular weight is 415 g/mol. The van der Waals surface area contributed by atoms with Gasteiger partial charge in [0.2, 0.25) is 0 Å². The molecule has 1 aromatic heterocycles. The zero-order valence-corrected chi connectivity index (χ0v) is 16.8. The molecule has 0 amide bonds. The van der Waals surface area contributed by atoms with E-state index in [0.29, 0.717) is 11.4 Å². The number of hydrogen-bond acceptors (Lipinski definition) is 4. The van der Waals surface area contributed by atoms with Crippen LogP contribution in [0.4, 0.5) is 5.69 Å². The van der Waals surface area contributed by atoms with E-state index in [1.807, 2.05) is 42.5 Å². The first kappa shape index (κ1) is 19.0. The highest BCUT2D eigenvalue weighted by Gasteiger charge is 2.21. The SMILES string of the molecule is O=c1c(Cl)c(N2CCN(Cc3ccc(Cl)cc3)CC2)cnn1-c1ccccc1. The number of hydrogen-bond donors (Lipinski definition) is 0. The van der Waals surface area contributed by atoms with Gasteiger partial charge in [-0.25, -0.2) is 0 Å². The number of anilines is 1. The number of nitrogens with zero attached hydrogens (tertiary/aromatic N) is 4. The van der Waals surface area contributed by atoms with Crippen molar-refractivity contribution < 1.29 is 0 Å². The molecule has 28 heavy (non-hydrogen) atoms. The standard InChI is InChI=1S/C21H20Cl2N4O/c22-17-8-6-16(7-9-17)15-25-10-12-26(13-11-25)19-14-24-27(21(28)20(19)23)18-4-2-1-3-5-18/h1-9,14H,10-13,15H2. The van der Waals surface area contributed by atoms with Gasteiger partial charge < -0.3 is 4.90 Å². The molecule has 0 saturated carbocycles. The third-order valence-corrected chi connectivity index (χ3v) is 5.54. The van der Waals surface area contributed by atoms with Gasteiger partial charge in [0.05, 0.1) is 17.6 Å². The number of halogens is 2. The molecule has 0 unspecified atom stereocenters. The first-order chi connectivity index (χ1) is 13.6. The maximum Gasteiger partial charge on any atom is 0.292 e. The number of aromatic nitrogens is 2. The van der Waals surface area contributed by atoms with E-state index < -0.39 is 0 Å². The van der Waals surface area contributed by atoms with Crippen molar-refractivity contribution in [3.8, 4) is 5.69 Å². The largest absolute Gasteiger partial charge is 0.366 e. The third kappa shape index (κ3) is 4.07. The summed E-state index contributed by atoms with van der Waals surface area (Å²) in [6, 6.07) is 17.2. The second-order valence-electron chi connectivity index (χ2n) is 6.79. The van der Waals surface area contributed by atoms with Crippen LogP contribution in [-0.2, 0) is 6.54 Å². The highest BCUT2D eigenvalue weighted by atomic mass is 35.5. The molecule has 0 spiro atoms. The molecule has 7 heteroatoms. The summed E-state index contributed by atoms with van der Waals surface area (Å²) < 4.78 is 1.34. The van der Waals surface area contributed by atoms with Crippen LogP contribution in [0, 0.1) is 0 Å². The Morgan fingerprint density at radius 2 is 1.57 bits per heavy atom. The predicted octanol–water partition coefficient (Wildman–Crippen LogP) is 3.86. The minimum Gasteiger partial charge on any atom is -0.366 e. The molecule has 0 atom stereocenters. The lowest BCUT2D eigenvalue weighted by molar-refractivity contribution is 0.250. The van der Waals surface area contributed by atoms with Crippen molar-refractivity contribution in [1.29, 1.82) is 0 Å². The van der Waals surface area contributed by atoms with Gasteiger partial charge in [0, 0.05) is 37.7 Å². The molecule has 1 fully saturated rings. The van der Waals surface area contributed by atoms with Crippen LogP contribution in [0.3, 0.4) is 0 Å². The molecule has 1 aliphatic rings. The lowest BCUT2D eigenvalue weighted by Gasteiger charge is -2.36.